The van der Waals surface area contributed by atoms with Crippen molar-refractivity contribution in [3.63, 3.8) is 0 Å². The number of hydrogen-bond acceptors (Lipinski definition) is 0. The summed E-state index contributed by atoms with van der Waals surface area (Å²) in [4.78, 5) is 0. The van der Waals surface area contributed by atoms with Crippen LogP contribution in [0.1, 0.15) is 273 Å². The zero-order valence-electron chi connectivity index (χ0n) is 42.3. The van der Waals surface area contributed by atoms with E-state index in [-0.39, 0.29) is 50.5 Å². The molecule has 0 aliphatic rings. The fourth-order valence-electron chi connectivity index (χ4n) is 8.31. The van der Waals surface area contributed by atoms with Crippen molar-refractivity contribution in [2.45, 2.75) is 273 Å². The molecule has 0 aromatic rings. The monoisotopic (exact) mass is 1490 g/mol. The van der Waals surface area contributed by atoms with Gasteiger partial charge in [-0.3, -0.25) is 0 Å². The molecule has 0 radical (unpaired) electrons. The quantitative estimate of drug-likeness (QED) is 0.0422. The van der Waals surface area contributed by atoms with Gasteiger partial charge in [-0.1, -0.05) is 196 Å². The van der Waals surface area contributed by atoms with Crippen LogP contribution in [0, 0.1) is 0 Å². The second kappa shape index (κ2) is 65.8. The first-order valence-corrected chi connectivity index (χ1v) is 41.2. The third-order valence-electron chi connectivity index (χ3n) is 12.3. The molecular formula is C50H108Br8Co2N2. The van der Waals surface area contributed by atoms with Gasteiger partial charge in [0.2, 0.25) is 0 Å². The Morgan fingerprint density at radius 2 is 0.323 bits per heavy atom. The van der Waals surface area contributed by atoms with Gasteiger partial charge in [-0.05, 0) is 77.0 Å². The Bertz CT molecular complexity index is 613. The molecule has 0 saturated carbocycles. The predicted octanol–water partition coefficient (Wildman–Crippen LogP) is 16.1. The van der Waals surface area contributed by atoms with E-state index in [2.05, 4.69) is 141 Å². The Balaban J connectivity index is -0.000000209. The summed E-state index contributed by atoms with van der Waals surface area (Å²) < 4.78 is 2.71. The van der Waals surface area contributed by atoms with Crippen LogP contribution in [0.2, 0.25) is 0 Å². The number of unbranched alkanes of at least 4 members (excludes halogenated alkanes) is 30. The second-order valence-corrected chi connectivity index (χ2v) is 50.0. The van der Waals surface area contributed by atoms with Gasteiger partial charge in [0.15, 0.2) is 0 Å². The van der Waals surface area contributed by atoms with Crippen molar-refractivity contribution in [1.82, 2.24) is 0 Å². The summed E-state index contributed by atoms with van der Waals surface area (Å²) in [5, 5.41) is 0. The summed E-state index contributed by atoms with van der Waals surface area (Å²) in [5.74, 6) is 0. The zero-order valence-corrected chi connectivity index (χ0v) is 57.1. The van der Waals surface area contributed by atoms with Crippen LogP contribution in [-0.2, 0) is 16.6 Å². The second-order valence-electron chi connectivity index (χ2n) is 18.5. The molecule has 0 aromatic heterocycles. The van der Waals surface area contributed by atoms with E-state index in [1.807, 2.05) is 0 Å². The van der Waals surface area contributed by atoms with E-state index < -0.39 is 0 Å². The number of nitrogens with zero attached hydrogens (tertiary/aromatic N) is 2. The number of quaternary nitrogens is 2. The fraction of sp³-hybridized carbons (Fsp3) is 1.00. The van der Waals surface area contributed by atoms with Crippen molar-refractivity contribution in [2.24, 2.45) is 0 Å². The standard InChI is InChI=1S/2C25H54N.8BrH.2Co/c2*1-5-8-11-14-17-20-23-26(4,24-21-18-15-12-9-6-2)25-22-19-16-13-10-7-3;;;;;;;;;;/h2*5-25H2,1-4H3;8*1H;;/q2*+1;;;;;;;;;2*+3/p-8. The molecule has 0 bridgehead atoms. The van der Waals surface area contributed by atoms with Crippen LogP contribution in [0.4, 0.5) is 0 Å². The van der Waals surface area contributed by atoms with Gasteiger partial charge < -0.3 is 42.9 Å². The third-order valence-corrected chi connectivity index (χ3v) is 12.3. The van der Waals surface area contributed by atoms with Crippen LogP contribution in [0.25, 0.3) is 0 Å². The summed E-state index contributed by atoms with van der Waals surface area (Å²) in [7, 11) is 4.79. The average Bonchev–Trinajstić information content (AvgIpc) is 3.20. The maximum absolute atomic E-state index is 3.17. The number of hydrogen-bond donors (Lipinski definition) is 0. The Hall–Kier alpha value is 4.77. The van der Waals surface area contributed by atoms with Crippen molar-refractivity contribution in [1.29, 1.82) is 0 Å². The van der Waals surface area contributed by atoms with E-state index in [4.69, 9.17) is 0 Å². The van der Waals surface area contributed by atoms with Crippen LogP contribution < -0.4 is 34.0 Å². The summed E-state index contributed by atoms with van der Waals surface area (Å²) in [6.07, 6.45) is 51.7. The van der Waals surface area contributed by atoms with Crippen molar-refractivity contribution in [2.75, 3.05) is 53.4 Å². The summed E-state index contributed by atoms with van der Waals surface area (Å²) in [6.45, 7) is 22.4. The molecular weight excluding hydrogens is 1390 g/mol. The number of halogens is 8. The van der Waals surface area contributed by atoms with Gasteiger partial charge in [-0.2, -0.15) is 0 Å². The van der Waals surface area contributed by atoms with Crippen LogP contribution in [0.3, 0.4) is 0 Å². The molecule has 0 atom stereocenters. The van der Waals surface area contributed by atoms with E-state index in [9.17, 15) is 0 Å². The van der Waals surface area contributed by atoms with Gasteiger partial charge in [0.25, 0.3) is 0 Å². The van der Waals surface area contributed by atoms with Crippen molar-refractivity contribution in [3.05, 3.63) is 0 Å². The van der Waals surface area contributed by atoms with E-state index in [0.717, 1.165) is 0 Å². The first-order chi connectivity index (χ1) is 28.8. The minimum absolute atomic E-state index is 0. The van der Waals surface area contributed by atoms with Gasteiger partial charge in [0.1, 0.15) is 0 Å². The predicted molar refractivity (Wildman–Crippen MR) is 295 cm³/mol. The molecule has 2 nitrogen and oxygen atoms in total. The first kappa shape index (κ1) is 78.2. The van der Waals surface area contributed by atoms with Crippen LogP contribution in [0.5, 0.6) is 0 Å². The average molecular weight is 1490 g/mol. The molecule has 0 N–H and O–H groups in total. The molecule has 12 heteroatoms. The normalized spacial score (nSPS) is 11.5. The van der Waals surface area contributed by atoms with Gasteiger partial charge in [-0.25, -0.2) is 0 Å². The van der Waals surface area contributed by atoms with E-state index >= 15 is 0 Å². The van der Waals surface area contributed by atoms with Gasteiger partial charge in [-0.15, -0.1) is 0 Å². The molecule has 0 fully saturated rings. The Labute approximate surface area is 464 Å². The van der Waals surface area contributed by atoms with Gasteiger partial charge in [0.05, 0.1) is 53.4 Å². The fourth-order valence-corrected chi connectivity index (χ4v) is 8.31. The molecule has 392 valence electrons. The van der Waals surface area contributed by atoms with Gasteiger partial charge >= 0.3 is 102 Å². The molecule has 0 aliphatic carbocycles. The van der Waals surface area contributed by atoms with Crippen LogP contribution in [0.15, 0.2) is 0 Å². The third kappa shape index (κ3) is 76.3. The van der Waals surface area contributed by atoms with Crippen molar-refractivity contribution >= 4 is 85.0 Å². The number of rotatable bonds is 42. The topological polar surface area (TPSA) is 0 Å². The van der Waals surface area contributed by atoms with E-state index in [1.165, 1.54) is 279 Å². The Morgan fingerprint density at radius 3 is 0.435 bits per heavy atom. The molecule has 0 unspecified atom stereocenters. The molecule has 0 rings (SSSR count). The van der Waals surface area contributed by atoms with Crippen LogP contribution in [-0.4, -0.2) is 62.3 Å². The molecule has 0 amide bonds. The molecule has 0 heterocycles. The van der Waals surface area contributed by atoms with Gasteiger partial charge in [0, 0.05) is 0 Å². The Morgan fingerprint density at radius 1 is 0.226 bits per heavy atom. The first-order valence-electron chi connectivity index (χ1n) is 25.8. The Kier molecular flexibility index (Phi) is 83.0. The summed E-state index contributed by atoms with van der Waals surface area (Å²) in [6, 6.07) is 0. The maximum atomic E-state index is 3.17. The minimum atomic E-state index is -0.167. The molecule has 0 spiro atoms. The van der Waals surface area contributed by atoms with Crippen LogP contribution >= 0.6 is 85.0 Å². The van der Waals surface area contributed by atoms with E-state index in [0.29, 0.717) is 0 Å². The van der Waals surface area contributed by atoms with Crippen molar-refractivity contribution in [3.8, 4) is 0 Å². The zero-order chi connectivity index (χ0) is 45.9. The van der Waals surface area contributed by atoms with E-state index in [1.54, 1.807) is 0 Å². The molecule has 0 saturated heterocycles. The molecule has 62 heavy (non-hydrogen) atoms. The molecule has 0 aromatic carbocycles. The molecule has 0 aliphatic heterocycles. The SMILES string of the molecule is CCCCCCCC[N+](C)(CCCCCCCC)CCCCCCCC.CCCCCCCC[N+](C)(CCCCCCCC)CCCCCCCC.[Br-].[Br-].[Br][Co]([Br])[Br].[Br][Co]([Br])[Br]. The van der Waals surface area contributed by atoms with Crippen molar-refractivity contribution < 1.29 is 59.5 Å². The summed E-state index contributed by atoms with van der Waals surface area (Å²) in [5.41, 5.74) is 0. The summed E-state index contributed by atoms with van der Waals surface area (Å²) >= 11 is 19.0.